The Morgan fingerprint density at radius 1 is 1.16 bits per heavy atom. The Hall–Kier alpha value is -2.77. The van der Waals surface area contributed by atoms with Gasteiger partial charge in [-0.3, -0.25) is 0 Å². The lowest BCUT2D eigenvalue weighted by Gasteiger charge is -2.15. The van der Waals surface area contributed by atoms with Gasteiger partial charge in [-0.25, -0.2) is 4.39 Å². The van der Waals surface area contributed by atoms with Crippen LogP contribution in [0.3, 0.4) is 0 Å². The van der Waals surface area contributed by atoms with Gasteiger partial charge in [-0.15, -0.1) is 0 Å². The van der Waals surface area contributed by atoms with Gasteiger partial charge in [0.05, 0.1) is 18.9 Å². The lowest BCUT2D eigenvalue weighted by molar-refractivity contribution is 0.130. The van der Waals surface area contributed by atoms with Gasteiger partial charge in [0.1, 0.15) is 29.8 Å². The Kier molecular flexibility index (Phi) is 8.99. The molecule has 2 aromatic rings. The second-order valence-electron chi connectivity index (χ2n) is 7.07. The van der Waals surface area contributed by atoms with Crippen LogP contribution in [0.25, 0.3) is 0 Å². The molecule has 1 aliphatic rings. The largest absolute Gasteiger partial charge is 0.486 e. The summed E-state index contributed by atoms with van der Waals surface area (Å²) in [6.07, 6.45) is 3.75. The van der Waals surface area contributed by atoms with Crippen molar-refractivity contribution >= 4 is 22.9 Å². The molecular formula is C24H27FN2O3S. The molecule has 0 bridgehead atoms. The fourth-order valence-corrected chi connectivity index (χ4v) is 3.10. The molecule has 0 fully saturated rings. The number of halogens is 1. The predicted octanol–water partition coefficient (Wildman–Crippen LogP) is 4.80. The average Bonchev–Trinajstić information content (AvgIpc) is 2.81. The molecule has 164 valence electrons. The number of nitrogens with zero attached hydrogens (tertiary/aromatic N) is 1. The standard InChI is InChI=1S/C24H27FN2O3S/c1-2-23(27-30-16-19-3-7-21(25)8-4-19)20-5-9-22(10-6-20)29-17-24(31)26-15-18-11-13-28-14-12-18/h3-11H,2,12-17H2,1H3,(H,26,31). The Labute approximate surface area is 187 Å². The fourth-order valence-electron chi connectivity index (χ4n) is 2.97. The maximum Gasteiger partial charge on any atom is 0.142 e. The van der Waals surface area contributed by atoms with Crippen molar-refractivity contribution < 1.29 is 18.7 Å². The number of rotatable bonds is 10. The lowest BCUT2D eigenvalue weighted by Crippen LogP contribution is -2.29. The Bertz CT molecular complexity index is 911. The van der Waals surface area contributed by atoms with Gasteiger partial charge < -0.3 is 19.6 Å². The third-order valence-corrected chi connectivity index (χ3v) is 5.04. The van der Waals surface area contributed by atoms with E-state index >= 15 is 0 Å². The van der Waals surface area contributed by atoms with Crippen LogP contribution in [0.4, 0.5) is 4.39 Å². The predicted molar refractivity (Wildman–Crippen MR) is 124 cm³/mol. The summed E-state index contributed by atoms with van der Waals surface area (Å²) in [5.41, 5.74) is 3.96. The van der Waals surface area contributed by atoms with Crippen LogP contribution in [0, 0.1) is 5.82 Å². The molecule has 7 heteroatoms. The summed E-state index contributed by atoms with van der Waals surface area (Å²) >= 11 is 5.35. The molecular weight excluding hydrogens is 415 g/mol. The smallest absolute Gasteiger partial charge is 0.142 e. The quantitative estimate of drug-likeness (QED) is 0.248. The number of hydrogen-bond donors (Lipinski definition) is 1. The Morgan fingerprint density at radius 3 is 2.61 bits per heavy atom. The van der Waals surface area contributed by atoms with Crippen LogP contribution < -0.4 is 10.1 Å². The molecule has 0 aliphatic carbocycles. The van der Waals surface area contributed by atoms with E-state index in [0.717, 1.165) is 48.6 Å². The molecule has 0 unspecified atom stereocenters. The summed E-state index contributed by atoms with van der Waals surface area (Å²) in [6, 6.07) is 13.9. The number of ether oxygens (including phenoxy) is 2. The molecule has 0 aromatic heterocycles. The van der Waals surface area contributed by atoms with Gasteiger partial charge in [0.25, 0.3) is 0 Å². The highest BCUT2D eigenvalue weighted by atomic mass is 32.1. The molecule has 3 rings (SSSR count). The third-order valence-electron chi connectivity index (χ3n) is 4.78. The maximum absolute atomic E-state index is 13.0. The summed E-state index contributed by atoms with van der Waals surface area (Å²) in [5, 5.41) is 7.47. The van der Waals surface area contributed by atoms with Gasteiger partial charge in [-0.2, -0.15) is 0 Å². The molecule has 0 atom stereocenters. The number of thiocarbonyl (C=S) groups is 1. The molecule has 0 amide bonds. The van der Waals surface area contributed by atoms with Crippen molar-refractivity contribution in [1.82, 2.24) is 5.32 Å². The highest BCUT2D eigenvalue weighted by Crippen LogP contribution is 2.15. The summed E-state index contributed by atoms with van der Waals surface area (Å²) < 4.78 is 24.0. The minimum absolute atomic E-state index is 0.267. The lowest BCUT2D eigenvalue weighted by atomic mass is 10.1. The molecule has 0 radical (unpaired) electrons. The Morgan fingerprint density at radius 2 is 1.94 bits per heavy atom. The molecule has 1 aliphatic heterocycles. The van der Waals surface area contributed by atoms with Crippen molar-refractivity contribution in [3.05, 3.63) is 77.1 Å². The zero-order valence-corrected chi connectivity index (χ0v) is 18.4. The van der Waals surface area contributed by atoms with Crippen molar-refractivity contribution in [2.75, 3.05) is 26.4 Å². The van der Waals surface area contributed by atoms with Gasteiger partial charge >= 0.3 is 0 Å². The van der Waals surface area contributed by atoms with Gasteiger partial charge in [-0.05, 0) is 60.4 Å². The van der Waals surface area contributed by atoms with Crippen LogP contribution in [-0.4, -0.2) is 37.1 Å². The van der Waals surface area contributed by atoms with Crippen molar-refractivity contribution in [3.8, 4) is 5.75 Å². The monoisotopic (exact) mass is 442 g/mol. The van der Waals surface area contributed by atoms with E-state index in [1.807, 2.05) is 31.2 Å². The first kappa shape index (κ1) is 22.9. The van der Waals surface area contributed by atoms with Crippen LogP contribution in [0.15, 0.2) is 65.3 Å². The van der Waals surface area contributed by atoms with Crippen molar-refractivity contribution in [3.63, 3.8) is 0 Å². The average molecular weight is 443 g/mol. The highest BCUT2D eigenvalue weighted by Gasteiger charge is 2.06. The first-order valence-corrected chi connectivity index (χ1v) is 10.7. The van der Waals surface area contributed by atoms with E-state index in [0.29, 0.717) is 24.8 Å². The number of oxime groups is 1. The van der Waals surface area contributed by atoms with Crippen molar-refractivity contribution in [2.45, 2.75) is 26.4 Å². The second-order valence-corrected chi connectivity index (χ2v) is 7.56. The normalized spacial score (nSPS) is 14.0. The zero-order chi connectivity index (χ0) is 21.9. The summed E-state index contributed by atoms with van der Waals surface area (Å²) in [7, 11) is 0. The molecule has 0 saturated carbocycles. The van der Waals surface area contributed by atoms with Crippen molar-refractivity contribution in [1.29, 1.82) is 0 Å². The molecule has 1 heterocycles. The van der Waals surface area contributed by atoms with Gasteiger partial charge in [0.2, 0.25) is 0 Å². The molecule has 2 aromatic carbocycles. The van der Waals surface area contributed by atoms with Crippen LogP contribution in [-0.2, 0) is 16.2 Å². The SMILES string of the molecule is CCC(=NOCc1ccc(F)cc1)c1ccc(OCC(=S)NCC2=CCOCC2)cc1. The maximum atomic E-state index is 13.0. The van der Waals surface area contributed by atoms with E-state index in [-0.39, 0.29) is 5.82 Å². The number of hydrogen-bond acceptors (Lipinski definition) is 5. The second kappa shape index (κ2) is 12.2. The molecule has 31 heavy (non-hydrogen) atoms. The summed E-state index contributed by atoms with van der Waals surface area (Å²) in [4.78, 5) is 6.12. The van der Waals surface area contributed by atoms with Crippen LogP contribution in [0.5, 0.6) is 5.75 Å². The van der Waals surface area contributed by atoms with Gasteiger partial charge in [0, 0.05) is 6.54 Å². The Balaban J connectivity index is 1.45. The summed E-state index contributed by atoms with van der Waals surface area (Å²) in [5.74, 6) is 0.470. The van der Waals surface area contributed by atoms with Crippen LogP contribution in [0.1, 0.15) is 30.9 Å². The zero-order valence-electron chi connectivity index (χ0n) is 17.6. The minimum atomic E-state index is -0.267. The molecule has 0 saturated heterocycles. The molecule has 1 N–H and O–H groups in total. The van der Waals surface area contributed by atoms with Crippen molar-refractivity contribution in [2.24, 2.45) is 5.16 Å². The molecule has 5 nitrogen and oxygen atoms in total. The van der Waals surface area contributed by atoms with Gasteiger partial charge in [-0.1, -0.05) is 48.1 Å². The van der Waals surface area contributed by atoms with E-state index in [2.05, 4.69) is 16.5 Å². The molecule has 0 spiro atoms. The van der Waals surface area contributed by atoms with E-state index < -0.39 is 0 Å². The third kappa shape index (κ3) is 7.77. The van der Waals surface area contributed by atoms with E-state index in [1.54, 1.807) is 12.1 Å². The number of benzene rings is 2. The van der Waals surface area contributed by atoms with E-state index in [4.69, 9.17) is 26.5 Å². The van der Waals surface area contributed by atoms with E-state index in [1.165, 1.54) is 17.7 Å². The first-order valence-electron chi connectivity index (χ1n) is 10.3. The fraction of sp³-hybridized carbons (Fsp3) is 0.333. The first-order chi connectivity index (χ1) is 15.1. The van der Waals surface area contributed by atoms with E-state index in [9.17, 15) is 4.39 Å². The van der Waals surface area contributed by atoms with Gasteiger partial charge in [0.15, 0.2) is 0 Å². The highest BCUT2D eigenvalue weighted by molar-refractivity contribution is 7.80. The van der Waals surface area contributed by atoms with Crippen LogP contribution in [0.2, 0.25) is 0 Å². The van der Waals surface area contributed by atoms with Crippen LogP contribution >= 0.6 is 12.2 Å². The summed E-state index contributed by atoms with van der Waals surface area (Å²) in [6.45, 7) is 4.81. The number of nitrogens with one attached hydrogen (secondary N) is 1. The minimum Gasteiger partial charge on any atom is -0.486 e. The topological polar surface area (TPSA) is 52.1 Å².